The molecule has 4 N–H and O–H groups in total. The normalized spacial score (nSPS) is 11.6. The number of fused-ring (bicyclic) bond motifs is 2. The fourth-order valence-corrected chi connectivity index (χ4v) is 5.30. The Kier molecular flexibility index (Phi) is 3.32. The molecule has 0 radical (unpaired) electrons. The van der Waals surface area contributed by atoms with Gasteiger partial charge in [0.2, 0.25) is 0 Å². The van der Waals surface area contributed by atoms with Gasteiger partial charge in [-0.1, -0.05) is 12.1 Å². The van der Waals surface area contributed by atoms with Gasteiger partial charge in [0.1, 0.15) is 0 Å². The molecule has 4 rings (SSSR count). The molecule has 0 saturated heterocycles. The van der Waals surface area contributed by atoms with Gasteiger partial charge in [-0.25, -0.2) is 0 Å². The van der Waals surface area contributed by atoms with Crippen LogP contribution in [0.4, 0.5) is 11.4 Å². The van der Waals surface area contributed by atoms with E-state index in [2.05, 4.69) is 38.1 Å². The summed E-state index contributed by atoms with van der Waals surface area (Å²) in [7, 11) is 0. The van der Waals surface area contributed by atoms with E-state index < -0.39 is 0 Å². The zero-order valence-electron chi connectivity index (χ0n) is 13.1. The minimum absolute atomic E-state index is 0.845. The second kappa shape index (κ2) is 5.25. The smallest absolute Gasteiger partial charge is 0.0441 e. The molecule has 116 valence electrons. The highest BCUT2D eigenvalue weighted by atomic mass is 32.1. The highest BCUT2D eigenvalue weighted by molar-refractivity contribution is 7.19. The minimum atomic E-state index is 0.845. The zero-order chi connectivity index (χ0) is 16.1. The van der Waals surface area contributed by atoms with Crippen molar-refractivity contribution in [2.45, 2.75) is 20.3 Å². The lowest BCUT2D eigenvalue weighted by Crippen LogP contribution is -1.95. The van der Waals surface area contributed by atoms with E-state index in [0.29, 0.717) is 0 Å². The number of rotatable bonds is 2. The number of benzene rings is 2. The summed E-state index contributed by atoms with van der Waals surface area (Å²) in [5.74, 6) is 0. The molecule has 0 aliphatic carbocycles. The largest absolute Gasteiger partial charge is 0.398 e. The topological polar surface area (TPSA) is 52.0 Å². The van der Waals surface area contributed by atoms with Gasteiger partial charge in [-0.3, -0.25) is 0 Å². The van der Waals surface area contributed by atoms with Crippen molar-refractivity contribution in [3.05, 3.63) is 57.3 Å². The fourth-order valence-electron chi connectivity index (χ4n) is 3.10. The summed E-state index contributed by atoms with van der Waals surface area (Å²) >= 11 is 3.62. The Bertz CT molecular complexity index is 1040. The van der Waals surface area contributed by atoms with Crippen LogP contribution in [0.25, 0.3) is 20.2 Å². The van der Waals surface area contributed by atoms with Crippen LogP contribution in [-0.2, 0) is 6.42 Å². The highest BCUT2D eigenvalue weighted by Gasteiger charge is 2.13. The predicted molar refractivity (Wildman–Crippen MR) is 105 cm³/mol. The molecule has 0 fully saturated rings. The SMILES string of the molecule is Cc1sc2ccc(Cc3cc4c(N)cccc4s3)c(N)c2c1C. The monoisotopic (exact) mass is 338 g/mol. The summed E-state index contributed by atoms with van der Waals surface area (Å²) in [4.78, 5) is 2.65. The van der Waals surface area contributed by atoms with Gasteiger partial charge in [0.15, 0.2) is 0 Å². The summed E-state index contributed by atoms with van der Waals surface area (Å²) in [5, 5.41) is 2.38. The summed E-state index contributed by atoms with van der Waals surface area (Å²) < 4.78 is 2.52. The first kappa shape index (κ1) is 14.5. The molecular formula is C19H18N2S2. The van der Waals surface area contributed by atoms with Crippen LogP contribution in [0.15, 0.2) is 36.4 Å². The van der Waals surface area contributed by atoms with Crippen LogP contribution in [0, 0.1) is 13.8 Å². The van der Waals surface area contributed by atoms with Gasteiger partial charge >= 0.3 is 0 Å². The molecule has 4 aromatic rings. The van der Waals surface area contributed by atoms with Gasteiger partial charge < -0.3 is 11.5 Å². The third kappa shape index (κ3) is 2.30. The average Bonchev–Trinajstić information content (AvgIpc) is 3.05. The predicted octanol–water partition coefficient (Wildman–Crippen LogP) is 5.49. The Hall–Kier alpha value is -2.04. The number of anilines is 2. The van der Waals surface area contributed by atoms with Crippen LogP contribution in [0.3, 0.4) is 0 Å². The number of thiophene rings is 2. The quantitative estimate of drug-likeness (QED) is 0.475. The summed E-state index contributed by atoms with van der Waals surface area (Å²) in [5.41, 5.74) is 16.8. The molecule has 4 heteroatoms. The number of aryl methyl sites for hydroxylation is 2. The molecule has 0 aliphatic heterocycles. The summed E-state index contributed by atoms with van der Waals surface area (Å²) in [6, 6.07) is 12.7. The van der Waals surface area contributed by atoms with Gasteiger partial charge in [-0.05, 0) is 49.2 Å². The third-order valence-electron chi connectivity index (χ3n) is 4.47. The maximum absolute atomic E-state index is 6.49. The highest BCUT2D eigenvalue weighted by Crippen LogP contribution is 2.38. The van der Waals surface area contributed by atoms with Crippen molar-refractivity contribution in [2.24, 2.45) is 0 Å². The van der Waals surface area contributed by atoms with E-state index in [1.165, 1.54) is 35.7 Å². The molecule has 0 atom stereocenters. The first-order valence-electron chi connectivity index (χ1n) is 7.58. The molecule has 0 amide bonds. The summed E-state index contributed by atoms with van der Waals surface area (Å²) in [6.45, 7) is 4.32. The molecule has 23 heavy (non-hydrogen) atoms. The van der Waals surface area contributed by atoms with Gasteiger partial charge in [0.25, 0.3) is 0 Å². The van der Waals surface area contributed by atoms with E-state index in [9.17, 15) is 0 Å². The van der Waals surface area contributed by atoms with Gasteiger partial charge in [-0.2, -0.15) is 0 Å². The number of nitrogen functional groups attached to an aromatic ring is 2. The molecule has 0 saturated carbocycles. The first-order valence-corrected chi connectivity index (χ1v) is 9.22. The molecule has 0 unspecified atom stereocenters. The lowest BCUT2D eigenvalue weighted by Gasteiger charge is -2.06. The van der Waals surface area contributed by atoms with Crippen molar-refractivity contribution in [2.75, 3.05) is 11.5 Å². The van der Waals surface area contributed by atoms with Gasteiger partial charge in [-0.15, -0.1) is 22.7 Å². The molecular weight excluding hydrogens is 320 g/mol. The second-order valence-electron chi connectivity index (χ2n) is 5.94. The summed E-state index contributed by atoms with van der Waals surface area (Å²) in [6.07, 6.45) is 0.856. The van der Waals surface area contributed by atoms with E-state index in [4.69, 9.17) is 11.5 Å². The maximum Gasteiger partial charge on any atom is 0.0441 e. The maximum atomic E-state index is 6.49. The second-order valence-corrected chi connectivity index (χ2v) is 8.37. The lowest BCUT2D eigenvalue weighted by molar-refractivity contribution is 1.26. The lowest BCUT2D eigenvalue weighted by atomic mass is 10.0. The van der Waals surface area contributed by atoms with E-state index in [1.807, 2.05) is 23.5 Å². The Morgan fingerprint density at radius 1 is 0.957 bits per heavy atom. The molecule has 0 aliphatic rings. The Labute approximate surface area is 143 Å². The van der Waals surface area contributed by atoms with Crippen LogP contribution in [0.5, 0.6) is 0 Å². The van der Waals surface area contributed by atoms with E-state index in [0.717, 1.165) is 23.2 Å². The van der Waals surface area contributed by atoms with Crippen LogP contribution < -0.4 is 11.5 Å². The Morgan fingerprint density at radius 3 is 2.57 bits per heavy atom. The van der Waals surface area contributed by atoms with E-state index in [1.54, 1.807) is 11.3 Å². The number of nitrogens with two attached hydrogens (primary N) is 2. The molecule has 0 spiro atoms. The van der Waals surface area contributed by atoms with E-state index in [-0.39, 0.29) is 0 Å². The first-order chi connectivity index (χ1) is 11.0. The van der Waals surface area contributed by atoms with Gasteiger partial charge in [0.05, 0.1) is 0 Å². The van der Waals surface area contributed by atoms with Crippen LogP contribution in [0.2, 0.25) is 0 Å². The van der Waals surface area contributed by atoms with Crippen molar-refractivity contribution in [3.63, 3.8) is 0 Å². The molecule has 2 nitrogen and oxygen atoms in total. The van der Waals surface area contributed by atoms with Crippen LogP contribution in [-0.4, -0.2) is 0 Å². The van der Waals surface area contributed by atoms with Crippen molar-refractivity contribution in [3.8, 4) is 0 Å². The molecule has 0 bridgehead atoms. The molecule has 2 aromatic carbocycles. The number of hydrogen-bond acceptors (Lipinski definition) is 4. The van der Waals surface area contributed by atoms with Crippen molar-refractivity contribution >= 4 is 54.2 Å². The third-order valence-corrected chi connectivity index (χ3v) is 6.75. The zero-order valence-corrected chi connectivity index (χ0v) is 14.8. The average molecular weight is 339 g/mol. The van der Waals surface area contributed by atoms with Crippen LogP contribution in [0.1, 0.15) is 20.9 Å². The number of hydrogen-bond donors (Lipinski definition) is 2. The van der Waals surface area contributed by atoms with Gasteiger partial charge in [0, 0.05) is 47.7 Å². The van der Waals surface area contributed by atoms with Crippen LogP contribution >= 0.6 is 22.7 Å². The fraction of sp³-hybridized carbons (Fsp3) is 0.158. The minimum Gasteiger partial charge on any atom is -0.398 e. The molecule has 2 aromatic heterocycles. The van der Waals surface area contributed by atoms with Crippen molar-refractivity contribution in [1.82, 2.24) is 0 Å². The Balaban J connectivity index is 1.81. The molecule has 2 heterocycles. The standard InChI is InChI=1S/C19H18N2S2/c1-10-11(2)22-17-7-6-12(19(21)18(10)17)8-13-9-14-15(20)4-3-5-16(14)23-13/h3-7,9H,8,20-21H2,1-2H3. The van der Waals surface area contributed by atoms with Crippen molar-refractivity contribution in [1.29, 1.82) is 0 Å². The Morgan fingerprint density at radius 2 is 1.78 bits per heavy atom. The van der Waals surface area contributed by atoms with E-state index >= 15 is 0 Å². The van der Waals surface area contributed by atoms with Crippen molar-refractivity contribution < 1.29 is 0 Å².